The third-order valence-electron chi connectivity index (χ3n) is 4.40. The van der Waals surface area contributed by atoms with Crippen LogP contribution < -0.4 is 10.2 Å². The van der Waals surface area contributed by atoms with Crippen LogP contribution in [0.5, 0.6) is 0 Å². The maximum absolute atomic E-state index is 12.1. The van der Waals surface area contributed by atoms with Crippen LogP contribution in [0.4, 0.5) is 5.82 Å². The number of anilines is 1. The lowest BCUT2D eigenvalue weighted by Gasteiger charge is -2.33. The Morgan fingerprint density at radius 1 is 1.17 bits per heavy atom. The van der Waals surface area contributed by atoms with Gasteiger partial charge in [-0.05, 0) is 30.5 Å². The van der Waals surface area contributed by atoms with Gasteiger partial charge >= 0.3 is 0 Å². The monoisotopic (exact) mass is 325 g/mol. The zero-order valence-electron chi connectivity index (χ0n) is 13.6. The number of nitrogens with one attached hydrogen (secondary N) is 1. The van der Waals surface area contributed by atoms with Crippen molar-refractivity contribution < 1.29 is 9.90 Å². The number of aliphatic hydroxyl groups excluding tert-OH is 1. The normalized spacial score (nSPS) is 16.6. The Hall–Kier alpha value is -2.40. The largest absolute Gasteiger partial charge is 0.388 e. The molecule has 1 atom stereocenters. The Balaban J connectivity index is 1.45. The van der Waals surface area contributed by atoms with Crippen LogP contribution in [0.2, 0.25) is 0 Å². The van der Waals surface area contributed by atoms with E-state index in [-0.39, 0.29) is 18.4 Å². The minimum atomic E-state index is -0.750. The number of amides is 1. The van der Waals surface area contributed by atoms with Crippen LogP contribution in [0, 0.1) is 0 Å². The van der Waals surface area contributed by atoms with E-state index in [0.717, 1.165) is 37.3 Å². The number of aromatic nitrogens is 1. The lowest BCUT2D eigenvalue weighted by atomic mass is 10.0. The number of nitrogens with zero attached hydrogens (tertiary/aromatic N) is 2. The van der Waals surface area contributed by atoms with Gasteiger partial charge in [0.15, 0.2) is 0 Å². The van der Waals surface area contributed by atoms with E-state index < -0.39 is 6.10 Å². The maximum atomic E-state index is 12.1. The molecule has 2 heterocycles. The van der Waals surface area contributed by atoms with E-state index in [9.17, 15) is 9.90 Å². The van der Waals surface area contributed by atoms with Gasteiger partial charge in [0.05, 0.1) is 12.5 Å². The van der Waals surface area contributed by atoms with Gasteiger partial charge in [-0.25, -0.2) is 4.98 Å². The van der Waals surface area contributed by atoms with Gasteiger partial charge in [0.1, 0.15) is 5.82 Å². The van der Waals surface area contributed by atoms with E-state index in [4.69, 9.17) is 0 Å². The predicted molar refractivity (Wildman–Crippen MR) is 93.6 cm³/mol. The van der Waals surface area contributed by atoms with Gasteiger partial charge in [-0.3, -0.25) is 4.79 Å². The molecule has 2 aromatic rings. The number of piperidine rings is 1. The standard InChI is InChI=1S/C19H23N3O2/c23-17(15-6-2-1-3-7-15)14-19(24)21-16-9-12-22(13-10-16)18-8-4-5-11-20-18/h1-8,11,16-17,23H,9-10,12-14H2,(H,21,24). The lowest BCUT2D eigenvalue weighted by Crippen LogP contribution is -2.45. The number of hydrogen-bond acceptors (Lipinski definition) is 4. The summed E-state index contributed by atoms with van der Waals surface area (Å²) < 4.78 is 0. The third-order valence-corrected chi connectivity index (χ3v) is 4.40. The first-order valence-corrected chi connectivity index (χ1v) is 8.41. The quantitative estimate of drug-likeness (QED) is 0.885. The molecule has 126 valence electrons. The molecule has 0 radical (unpaired) electrons. The van der Waals surface area contributed by atoms with Crippen LogP contribution in [0.3, 0.4) is 0 Å². The van der Waals surface area contributed by atoms with Crippen molar-refractivity contribution in [3.63, 3.8) is 0 Å². The van der Waals surface area contributed by atoms with Crippen molar-refractivity contribution in [3.05, 3.63) is 60.3 Å². The Morgan fingerprint density at radius 3 is 2.54 bits per heavy atom. The summed E-state index contributed by atoms with van der Waals surface area (Å²) in [5.41, 5.74) is 0.776. The zero-order chi connectivity index (χ0) is 16.8. The number of aliphatic hydroxyl groups is 1. The molecule has 1 amide bonds. The lowest BCUT2D eigenvalue weighted by molar-refractivity contribution is -0.123. The Morgan fingerprint density at radius 2 is 1.88 bits per heavy atom. The number of rotatable bonds is 5. The number of carbonyl (C=O) groups excluding carboxylic acids is 1. The summed E-state index contributed by atoms with van der Waals surface area (Å²) in [6.07, 6.45) is 2.94. The van der Waals surface area contributed by atoms with Gasteiger partial charge in [0, 0.05) is 25.3 Å². The van der Waals surface area contributed by atoms with Gasteiger partial charge in [-0.1, -0.05) is 36.4 Å². The first kappa shape index (κ1) is 16.5. The molecule has 0 saturated carbocycles. The van der Waals surface area contributed by atoms with Gasteiger partial charge < -0.3 is 15.3 Å². The first-order chi connectivity index (χ1) is 11.7. The van der Waals surface area contributed by atoms with Crippen molar-refractivity contribution >= 4 is 11.7 Å². The molecule has 1 unspecified atom stereocenters. The molecule has 5 heteroatoms. The van der Waals surface area contributed by atoms with Crippen LogP contribution in [0.1, 0.15) is 30.9 Å². The van der Waals surface area contributed by atoms with Crippen LogP contribution in [-0.2, 0) is 4.79 Å². The summed E-state index contributed by atoms with van der Waals surface area (Å²) in [6.45, 7) is 1.76. The summed E-state index contributed by atoms with van der Waals surface area (Å²) in [6, 6.07) is 15.4. The number of hydrogen-bond donors (Lipinski definition) is 2. The zero-order valence-corrected chi connectivity index (χ0v) is 13.6. The van der Waals surface area contributed by atoms with Gasteiger partial charge in [-0.15, -0.1) is 0 Å². The Labute approximate surface area is 142 Å². The average Bonchev–Trinajstić information content (AvgIpc) is 2.64. The van der Waals surface area contributed by atoms with Crippen molar-refractivity contribution in [1.29, 1.82) is 0 Å². The van der Waals surface area contributed by atoms with Crippen molar-refractivity contribution in [3.8, 4) is 0 Å². The number of benzene rings is 1. The molecular formula is C19H23N3O2. The highest BCUT2D eigenvalue weighted by Crippen LogP contribution is 2.19. The Kier molecular flexibility index (Phi) is 5.43. The second-order valence-electron chi connectivity index (χ2n) is 6.15. The molecule has 0 aliphatic carbocycles. The van der Waals surface area contributed by atoms with E-state index in [2.05, 4.69) is 15.2 Å². The highest BCUT2D eigenvalue weighted by Gasteiger charge is 2.22. The minimum absolute atomic E-state index is 0.0948. The van der Waals surface area contributed by atoms with Gasteiger partial charge in [0.2, 0.25) is 5.91 Å². The van der Waals surface area contributed by atoms with Crippen molar-refractivity contribution in [2.45, 2.75) is 31.4 Å². The molecule has 1 fully saturated rings. The molecule has 1 aliphatic rings. The minimum Gasteiger partial charge on any atom is -0.388 e. The van der Waals surface area contributed by atoms with Crippen LogP contribution >= 0.6 is 0 Å². The highest BCUT2D eigenvalue weighted by atomic mass is 16.3. The van der Waals surface area contributed by atoms with Crippen LogP contribution in [-0.4, -0.2) is 35.1 Å². The second kappa shape index (κ2) is 7.93. The fourth-order valence-corrected chi connectivity index (χ4v) is 3.05. The molecule has 0 spiro atoms. The maximum Gasteiger partial charge on any atom is 0.223 e. The average molecular weight is 325 g/mol. The fourth-order valence-electron chi connectivity index (χ4n) is 3.05. The molecule has 1 aromatic heterocycles. The summed E-state index contributed by atoms with van der Waals surface area (Å²) in [5, 5.41) is 13.2. The van der Waals surface area contributed by atoms with Crippen molar-refractivity contribution in [2.75, 3.05) is 18.0 Å². The van der Waals surface area contributed by atoms with E-state index in [1.54, 1.807) is 6.20 Å². The van der Waals surface area contributed by atoms with E-state index in [0.29, 0.717) is 0 Å². The molecule has 0 bridgehead atoms. The van der Waals surface area contributed by atoms with Crippen LogP contribution in [0.25, 0.3) is 0 Å². The van der Waals surface area contributed by atoms with Crippen molar-refractivity contribution in [1.82, 2.24) is 10.3 Å². The molecular weight excluding hydrogens is 302 g/mol. The van der Waals surface area contributed by atoms with Gasteiger partial charge in [0.25, 0.3) is 0 Å². The molecule has 1 aliphatic heterocycles. The smallest absolute Gasteiger partial charge is 0.223 e. The van der Waals surface area contributed by atoms with Crippen molar-refractivity contribution in [2.24, 2.45) is 0 Å². The van der Waals surface area contributed by atoms with E-state index >= 15 is 0 Å². The Bertz CT molecular complexity index is 640. The van der Waals surface area contributed by atoms with E-state index in [1.165, 1.54) is 0 Å². The highest BCUT2D eigenvalue weighted by molar-refractivity contribution is 5.77. The topological polar surface area (TPSA) is 65.5 Å². The molecule has 2 N–H and O–H groups in total. The first-order valence-electron chi connectivity index (χ1n) is 8.41. The summed E-state index contributed by atoms with van der Waals surface area (Å²) in [7, 11) is 0. The molecule has 1 saturated heterocycles. The van der Waals surface area contributed by atoms with Gasteiger partial charge in [-0.2, -0.15) is 0 Å². The SMILES string of the molecule is O=C(CC(O)c1ccccc1)NC1CCN(c2ccccn2)CC1. The fraction of sp³-hybridized carbons (Fsp3) is 0.368. The molecule has 1 aromatic carbocycles. The molecule has 3 rings (SSSR count). The molecule has 5 nitrogen and oxygen atoms in total. The number of carbonyl (C=O) groups is 1. The van der Waals surface area contributed by atoms with Crippen LogP contribution in [0.15, 0.2) is 54.7 Å². The second-order valence-corrected chi connectivity index (χ2v) is 6.15. The summed E-state index contributed by atoms with van der Waals surface area (Å²) >= 11 is 0. The van der Waals surface area contributed by atoms with E-state index in [1.807, 2.05) is 48.5 Å². The predicted octanol–water partition coefficient (Wildman–Crippen LogP) is 2.29. The molecule has 24 heavy (non-hydrogen) atoms. The summed E-state index contributed by atoms with van der Waals surface area (Å²) in [5.74, 6) is 0.893. The number of pyridine rings is 1. The summed E-state index contributed by atoms with van der Waals surface area (Å²) in [4.78, 5) is 18.8. The third kappa shape index (κ3) is 4.32.